The number of nitrogens with zero attached hydrogens (tertiary/aromatic N) is 7. The van der Waals surface area contributed by atoms with E-state index in [4.69, 9.17) is 29.3 Å². The predicted molar refractivity (Wildman–Crippen MR) is 227 cm³/mol. The highest BCUT2D eigenvalue weighted by molar-refractivity contribution is 9.10. The average Bonchev–Trinajstić information content (AvgIpc) is 3.77. The number of hydrogen-bond acceptors (Lipinski definition) is 10. The number of pyridine rings is 1. The van der Waals surface area contributed by atoms with Gasteiger partial charge < -0.3 is 24.0 Å². The Kier molecular flexibility index (Phi) is 12.5. The molecule has 11 nitrogen and oxygen atoms in total. The van der Waals surface area contributed by atoms with Crippen LogP contribution >= 0.6 is 27.3 Å². The lowest BCUT2D eigenvalue weighted by molar-refractivity contribution is 0.00566. The molecule has 2 unspecified atom stereocenters. The first-order valence-electron chi connectivity index (χ1n) is 19.2. The third-order valence-electron chi connectivity index (χ3n) is 10.0. The molecule has 6 rings (SSSR count). The van der Waals surface area contributed by atoms with Gasteiger partial charge in [-0.05, 0) is 87.5 Å². The SMILES string of the molecule is Cc1cnc(-c2ccc(-c3cnn4c(N(COCC[Si](C)(C)C)COCC[Si](C)(C)C)c(Br)c(C5CC6CCC(C5)N6C(=O)OC(C)(C)C)nc34)cn2)s1. The van der Waals surface area contributed by atoms with Gasteiger partial charge in [0, 0.05) is 75.8 Å². The van der Waals surface area contributed by atoms with E-state index in [2.05, 4.69) is 78.1 Å². The van der Waals surface area contributed by atoms with Crippen molar-refractivity contribution in [2.24, 2.45) is 0 Å². The summed E-state index contributed by atoms with van der Waals surface area (Å²) in [5.74, 6) is 0.977. The minimum atomic E-state index is -1.29. The Morgan fingerprint density at radius 1 is 0.944 bits per heavy atom. The number of aryl methyl sites for hydroxylation is 1. The molecule has 54 heavy (non-hydrogen) atoms. The van der Waals surface area contributed by atoms with Crippen LogP contribution in [0.2, 0.25) is 51.4 Å². The number of carbonyl (C=O) groups excluding carboxylic acids is 1. The number of anilines is 1. The van der Waals surface area contributed by atoms with E-state index in [1.165, 1.54) is 0 Å². The average molecular weight is 857 g/mol. The molecule has 15 heteroatoms. The third kappa shape index (κ3) is 9.99. The topological polar surface area (TPSA) is 107 Å². The van der Waals surface area contributed by atoms with Crippen molar-refractivity contribution in [3.63, 3.8) is 0 Å². The fourth-order valence-corrected chi connectivity index (χ4v) is 10.2. The molecule has 2 aliphatic rings. The van der Waals surface area contributed by atoms with Crippen LogP contribution in [-0.2, 0) is 14.2 Å². The molecule has 0 spiro atoms. The molecule has 2 fully saturated rings. The second-order valence-corrected chi connectivity index (χ2v) is 31.6. The zero-order chi connectivity index (χ0) is 39.0. The highest BCUT2D eigenvalue weighted by atomic mass is 79.9. The molecule has 2 aliphatic heterocycles. The second kappa shape index (κ2) is 16.4. The van der Waals surface area contributed by atoms with Crippen LogP contribution in [0.15, 0.2) is 35.2 Å². The molecule has 2 saturated heterocycles. The summed E-state index contributed by atoms with van der Waals surface area (Å²) in [6.45, 7) is 24.2. The number of ether oxygens (including phenoxy) is 3. The van der Waals surface area contributed by atoms with Crippen molar-refractivity contribution in [3.05, 3.63) is 45.8 Å². The smallest absolute Gasteiger partial charge is 0.410 e. The lowest BCUT2D eigenvalue weighted by atomic mass is 9.88. The Labute approximate surface area is 335 Å². The van der Waals surface area contributed by atoms with Crippen LogP contribution in [0.4, 0.5) is 10.6 Å². The van der Waals surface area contributed by atoms with Gasteiger partial charge >= 0.3 is 6.09 Å². The van der Waals surface area contributed by atoms with E-state index in [0.29, 0.717) is 26.7 Å². The minimum absolute atomic E-state index is 0.0958. The standard InChI is InChI=1S/C39H58BrN7O4SSi2/c1-26-21-42-36(52-26)32-14-11-27(22-41-32)31-23-43-47-35(31)44-34(28-19-29-12-13-30(20-28)46(29)38(48)51-39(2,3)4)33(40)37(47)45(24-49-15-17-53(5,6)7)25-50-16-18-54(8,9)10/h11,14,21-23,28-30H,12-13,15-20,24-25H2,1-10H3. The fourth-order valence-electron chi connectivity index (χ4n) is 7.15. The van der Waals surface area contributed by atoms with E-state index in [0.717, 1.165) is 86.1 Å². The maximum absolute atomic E-state index is 13.4. The van der Waals surface area contributed by atoms with Crippen molar-refractivity contribution in [2.45, 2.75) is 128 Å². The van der Waals surface area contributed by atoms with Gasteiger partial charge in [0.1, 0.15) is 24.1 Å². The van der Waals surface area contributed by atoms with E-state index in [1.54, 1.807) is 11.3 Å². The van der Waals surface area contributed by atoms with E-state index in [9.17, 15) is 4.79 Å². The lowest BCUT2D eigenvalue weighted by Crippen LogP contribution is -2.48. The normalized spacial score (nSPS) is 19.2. The highest BCUT2D eigenvalue weighted by Crippen LogP contribution is 2.47. The zero-order valence-electron chi connectivity index (χ0n) is 33.7. The summed E-state index contributed by atoms with van der Waals surface area (Å²) in [6, 6.07) is 6.44. The quantitative estimate of drug-likeness (QED) is 0.0696. The third-order valence-corrected chi connectivity index (χ3v) is 15.1. The van der Waals surface area contributed by atoms with Crippen LogP contribution in [0.5, 0.6) is 0 Å². The van der Waals surface area contributed by atoms with Crippen molar-refractivity contribution in [3.8, 4) is 21.8 Å². The Balaban J connectivity index is 1.39. The van der Waals surface area contributed by atoms with Crippen LogP contribution in [0.3, 0.4) is 0 Å². The maximum atomic E-state index is 13.4. The first kappa shape index (κ1) is 41.0. The van der Waals surface area contributed by atoms with Crippen LogP contribution in [0.25, 0.3) is 27.5 Å². The van der Waals surface area contributed by atoms with Crippen molar-refractivity contribution >= 4 is 61.0 Å². The van der Waals surface area contributed by atoms with Gasteiger partial charge in [-0.15, -0.1) is 11.3 Å². The summed E-state index contributed by atoms with van der Waals surface area (Å²) in [6.07, 6.45) is 8.99. The number of thiazole rings is 1. The Morgan fingerprint density at radius 2 is 1.57 bits per heavy atom. The van der Waals surface area contributed by atoms with Gasteiger partial charge in [-0.1, -0.05) is 45.3 Å². The monoisotopic (exact) mass is 855 g/mol. The minimum Gasteiger partial charge on any atom is -0.444 e. The van der Waals surface area contributed by atoms with Crippen LogP contribution in [0, 0.1) is 6.92 Å². The summed E-state index contributed by atoms with van der Waals surface area (Å²) in [7, 11) is -2.59. The number of rotatable bonds is 14. The maximum Gasteiger partial charge on any atom is 0.410 e. The fraction of sp³-hybridized carbons (Fsp3) is 0.615. The first-order chi connectivity index (χ1) is 25.4. The molecule has 1 amide bonds. The summed E-state index contributed by atoms with van der Waals surface area (Å²) >= 11 is 5.72. The van der Waals surface area contributed by atoms with Gasteiger partial charge in [-0.2, -0.15) is 9.61 Å². The van der Waals surface area contributed by atoms with Crippen molar-refractivity contribution in [2.75, 3.05) is 31.6 Å². The molecular weight excluding hydrogens is 799 g/mol. The Bertz CT molecular complexity index is 1880. The number of hydrogen-bond donors (Lipinski definition) is 0. The Hall–Kier alpha value is -2.70. The van der Waals surface area contributed by atoms with E-state index in [1.807, 2.05) is 54.8 Å². The molecule has 2 bridgehead atoms. The predicted octanol–water partition coefficient (Wildman–Crippen LogP) is 10.1. The Morgan fingerprint density at radius 3 is 2.09 bits per heavy atom. The van der Waals surface area contributed by atoms with Crippen molar-refractivity contribution < 1.29 is 19.0 Å². The van der Waals surface area contributed by atoms with Crippen LogP contribution in [-0.4, -0.2) is 96.1 Å². The van der Waals surface area contributed by atoms with E-state index in [-0.39, 0.29) is 24.1 Å². The zero-order valence-corrected chi connectivity index (χ0v) is 38.1. The molecule has 0 saturated carbocycles. The largest absolute Gasteiger partial charge is 0.444 e. The highest BCUT2D eigenvalue weighted by Gasteiger charge is 2.46. The van der Waals surface area contributed by atoms with Crippen molar-refractivity contribution in [1.29, 1.82) is 0 Å². The lowest BCUT2D eigenvalue weighted by Gasteiger charge is -2.39. The summed E-state index contributed by atoms with van der Waals surface area (Å²) < 4.78 is 21.5. The number of halogens is 1. The molecule has 0 aromatic carbocycles. The number of fused-ring (bicyclic) bond motifs is 3. The molecule has 0 radical (unpaired) electrons. The summed E-state index contributed by atoms with van der Waals surface area (Å²) in [4.78, 5) is 33.5. The van der Waals surface area contributed by atoms with Gasteiger partial charge in [0.25, 0.3) is 0 Å². The molecule has 0 N–H and O–H groups in total. The molecular formula is C39H58BrN7O4SSi2. The molecule has 4 aromatic heterocycles. The van der Waals surface area contributed by atoms with Gasteiger partial charge in [0.2, 0.25) is 0 Å². The van der Waals surface area contributed by atoms with E-state index >= 15 is 0 Å². The number of aromatic nitrogens is 5. The van der Waals surface area contributed by atoms with Gasteiger partial charge in [-0.3, -0.25) is 4.98 Å². The van der Waals surface area contributed by atoms with Crippen LogP contribution in [0.1, 0.15) is 62.9 Å². The van der Waals surface area contributed by atoms with Gasteiger partial charge in [-0.25, -0.2) is 14.8 Å². The molecule has 0 aliphatic carbocycles. The van der Waals surface area contributed by atoms with E-state index < -0.39 is 21.7 Å². The summed E-state index contributed by atoms with van der Waals surface area (Å²) in [5, 5.41) is 5.87. The number of piperidine rings is 1. The number of amides is 1. The summed E-state index contributed by atoms with van der Waals surface area (Å²) in [5.41, 5.74) is 3.84. The molecule has 2 atom stereocenters. The molecule has 294 valence electrons. The van der Waals surface area contributed by atoms with Crippen LogP contribution < -0.4 is 4.90 Å². The van der Waals surface area contributed by atoms with Gasteiger partial charge in [0.15, 0.2) is 11.5 Å². The molecule has 6 heterocycles. The molecule has 4 aromatic rings. The number of carbonyl (C=O) groups is 1. The first-order valence-corrected chi connectivity index (χ1v) is 28.3. The second-order valence-electron chi connectivity index (χ2n) is 18.3. The van der Waals surface area contributed by atoms with Gasteiger partial charge in [0.05, 0.1) is 22.1 Å². The van der Waals surface area contributed by atoms with Crippen molar-refractivity contribution in [1.82, 2.24) is 29.5 Å².